The van der Waals surface area contributed by atoms with Gasteiger partial charge in [-0.2, -0.15) is 4.98 Å². The van der Waals surface area contributed by atoms with Crippen LogP contribution in [0.3, 0.4) is 0 Å². The molecule has 1 heterocycles. The molecule has 4 nitrogen and oxygen atoms in total. The summed E-state index contributed by atoms with van der Waals surface area (Å²) >= 11 is 3.28. The topological polar surface area (TPSA) is 51.0 Å². The number of hydrogen-bond donors (Lipinski definition) is 1. The van der Waals surface area contributed by atoms with Crippen LogP contribution in [-0.2, 0) is 6.42 Å². The summed E-state index contributed by atoms with van der Waals surface area (Å²) in [6, 6.07) is 4.61. The van der Waals surface area contributed by atoms with Crippen molar-refractivity contribution in [2.24, 2.45) is 0 Å². The van der Waals surface area contributed by atoms with E-state index in [0.29, 0.717) is 28.2 Å². The Hall–Kier alpha value is -0.980. The van der Waals surface area contributed by atoms with Crippen LogP contribution in [-0.4, -0.2) is 23.2 Å². The van der Waals surface area contributed by atoms with Gasteiger partial charge in [0.1, 0.15) is 5.82 Å². The standard InChI is InChI=1S/C12H13BrFN3O.ClH/c1-7(15-2)5-11-16-12(18-17-11)9-4-3-8(14)6-10(9)13;/h3-4,6-7,15H,5H2,1-2H3;1H. The first-order valence-corrected chi connectivity index (χ1v) is 6.34. The summed E-state index contributed by atoms with van der Waals surface area (Å²) in [5, 5.41) is 7.00. The molecule has 19 heavy (non-hydrogen) atoms. The Morgan fingerprint density at radius 2 is 2.21 bits per heavy atom. The van der Waals surface area contributed by atoms with Gasteiger partial charge in [-0.15, -0.1) is 12.4 Å². The molecule has 1 aromatic carbocycles. The monoisotopic (exact) mass is 349 g/mol. The summed E-state index contributed by atoms with van der Waals surface area (Å²) in [7, 11) is 1.88. The SMILES string of the molecule is CNC(C)Cc1noc(-c2ccc(F)cc2Br)n1.Cl. The molecule has 0 aliphatic carbocycles. The van der Waals surface area contributed by atoms with Gasteiger partial charge in [-0.25, -0.2) is 4.39 Å². The molecule has 104 valence electrons. The molecule has 0 bridgehead atoms. The van der Waals surface area contributed by atoms with Gasteiger partial charge in [0.2, 0.25) is 0 Å². The normalized spacial score (nSPS) is 12.0. The van der Waals surface area contributed by atoms with Crippen molar-refractivity contribution >= 4 is 28.3 Å². The van der Waals surface area contributed by atoms with Gasteiger partial charge in [0, 0.05) is 16.9 Å². The lowest BCUT2D eigenvalue weighted by Crippen LogP contribution is -2.24. The minimum absolute atomic E-state index is 0. The number of likely N-dealkylation sites (N-methyl/N-ethyl adjacent to an activating group) is 1. The highest BCUT2D eigenvalue weighted by molar-refractivity contribution is 9.10. The van der Waals surface area contributed by atoms with E-state index >= 15 is 0 Å². The van der Waals surface area contributed by atoms with Gasteiger partial charge >= 0.3 is 0 Å². The largest absolute Gasteiger partial charge is 0.334 e. The fourth-order valence-electron chi connectivity index (χ4n) is 1.49. The summed E-state index contributed by atoms with van der Waals surface area (Å²) in [6.07, 6.45) is 0.679. The zero-order valence-electron chi connectivity index (χ0n) is 10.5. The molecule has 0 saturated heterocycles. The highest BCUT2D eigenvalue weighted by Crippen LogP contribution is 2.27. The van der Waals surface area contributed by atoms with Gasteiger partial charge in [-0.3, -0.25) is 0 Å². The van der Waals surface area contributed by atoms with E-state index in [0.717, 1.165) is 0 Å². The number of nitrogens with one attached hydrogen (secondary N) is 1. The number of halogens is 3. The number of benzene rings is 1. The molecule has 1 unspecified atom stereocenters. The van der Waals surface area contributed by atoms with E-state index in [1.54, 1.807) is 6.07 Å². The van der Waals surface area contributed by atoms with Crippen LogP contribution in [0, 0.1) is 5.82 Å². The molecule has 1 N–H and O–H groups in total. The Bertz CT molecular complexity index is 550. The lowest BCUT2D eigenvalue weighted by atomic mass is 10.2. The maximum Gasteiger partial charge on any atom is 0.259 e. The van der Waals surface area contributed by atoms with Gasteiger partial charge in [0.25, 0.3) is 5.89 Å². The highest BCUT2D eigenvalue weighted by atomic mass is 79.9. The molecule has 2 aromatic rings. The average Bonchev–Trinajstić information content (AvgIpc) is 2.77. The molecule has 0 spiro atoms. The lowest BCUT2D eigenvalue weighted by Gasteiger charge is -2.04. The maximum absolute atomic E-state index is 13.0. The third-order valence-corrected chi connectivity index (χ3v) is 3.27. The van der Waals surface area contributed by atoms with Gasteiger partial charge < -0.3 is 9.84 Å². The molecular formula is C12H14BrClFN3O. The van der Waals surface area contributed by atoms with Crippen LogP contribution in [0.4, 0.5) is 4.39 Å². The number of aromatic nitrogens is 2. The van der Waals surface area contributed by atoms with Gasteiger partial charge in [-0.1, -0.05) is 5.16 Å². The second-order valence-corrected chi connectivity index (χ2v) is 4.89. The van der Waals surface area contributed by atoms with Crippen LogP contribution < -0.4 is 5.32 Å². The van der Waals surface area contributed by atoms with Crippen LogP contribution in [0.2, 0.25) is 0 Å². The predicted octanol–water partition coefficient (Wildman–Crippen LogP) is 3.21. The fraction of sp³-hybridized carbons (Fsp3) is 0.333. The van der Waals surface area contributed by atoms with Crippen molar-refractivity contribution in [1.29, 1.82) is 0 Å². The summed E-state index contributed by atoms with van der Waals surface area (Å²) in [4.78, 5) is 4.29. The zero-order valence-corrected chi connectivity index (χ0v) is 12.9. The minimum atomic E-state index is -0.311. The summed E-state index contributed by atoms with van der Waals surface area (Å²) in [5.74, 6) is 0.706. The second kappa shape index (κ2) is 6.98. The lowest BCUT2D eigenvalue weighted by molar-refractivity contribution is 0.418. The van der Waals surface area contributed by atoms with Crippen molar-refractivity contribution in [1.82, 2.24) is 15.5 Å². The summed E-state index contributed by atoms with van der Waals surface area (Å²) < 4.78 is 18.8. The second-order valence-electron chi connectivity index (χ2n) is 4.03. The molecule has 0 aliphatic heterocycles. The Labute approximate surface area is 125 Å². The van der Waals surface area contributed by atoms with Crippen molar-refractivity contribution in [3.8, 4) is 11.5 Å². The van der Waals surface area contributed by atoms with Crippen LogP contribution in [0.5, 0.6) is 0 Å². The number of nitrogens with zero attached hydrogens (tertiary/aromatic N) is 2. The maximum atomic E-state index is 13.0. The Morgan fingerprint density at radius 3 is 2.84 bits per heavy atom. The van der Waals surface area contributed by atoms with Crippen molar-refractivity contribution in [3.05, 3.63) is 34.3 Å². The molecular weight excluding hydrogens is 337 g/mol. The first-order valence-electron chi connectivity index (χ1n) is 5.55. The van der Waals surface area contributed by atoms with Crippen LogP contribution >= 0.6 is 28.3 Å². The van der Waals surface area contributed by atoms with Gasteiger partial charge in [-0.05, 0) is 48.1 Å². The molecule has 0 amide bonds. The van der Waals surface area contributed by atoms with E-state index < -0.39 is 0 Å². The molecule has 0 fully saturated rings. The molecule has 0 radical (unpaired) electrons. The molecule has 1 atom stereocenters. The predicted molar refractivity (Wildman–Crippen MR) is 76.9 cm³/mol. The van der Waals surface area contributed by atoms with E-state index in [9.17, 15) is 4.39 Å². The van der Waals surface area contributed by atoms with Crippen molar-refractivity contribution in [2.45, 2.75) is 19.4 Å². The first-order chi connectivity index (χ1) is 8.60. The Morgan fingerprint density at radius 1 is 1.47 bits per heavy atom. The number of hydrogen-bond acceptors (Lipinski definition) is 4. The summed E-state index contributed by atoms with van der Waals surface area (Å²) in [6.45, 7) is 2.03. The Balaban J connectivity index is 0.00000180. The third kappa shape index (κ3) is 3.99. The van der Waals surface area contributed by atoms with E-state index in [2.05, 4.69) is 31.4 Å². The molecule has 2 rings (SSSR count). The molecule has 0 saturated carbocycles. The third-order valence-electron chi connectivity index (χ3n) is 2.61. The van der Waals surface area contributed by atoms with E-state index in [1.807, 2.05) is 14.0 Å². The highest BCUT2D eigenvalue weighted by Gasteiger charge is 2.13. The van der Waals surface area contributed by atoms with Crippen LogP contribution in [0.1, 0.15) is 12.7 Å². The molecule has 7 heteroatoms. The summed E-state index contributed by atoms with van der Waals surface area (Å²) in [5.41, 5.74) is 0.687. The van der Waals surface area contributed by atoms with Crippen LogP contribution in [0.15, 0.2) is 27.2 Å². The first kappa shape index (κ1) is 16.1. The molecule has 0 aliphatic rings. The average molecular weight is 351 g/mol. The number of rotatable bonds is 4. The van der Waals surface area contributed by atoms with E-state index in [4.69, 9.17) is 4.52 Å². The van der Waals surface area contributed by atoms with Gasteiger partial charge in [0.15, 0.2) is 5.82 Å². The van der Waals surface area contributed by atoms with Crippen molar-refractivity contribution < 1.29 is 8.91 Å². The Kier molecular flexibility index (Phi) is 5.90. The van der Waals surface area contributed by atoms with Crippen LogP contribution in [0.25, 0.3) is 11.5 Å². The van der Waals surface area contributed by atoms with Gasteiger partial charge in [0.05, 0.1) is 5.56 Å². The molecule has 1 aromatic heterocycles. The van der Waals surface area contributed by atoms with Crippen molar-refractivity contribution in [2.75, 3.05) is 7.05 Å². The fourth-order valence-corrected chi connectivity index (χ4v) is 2.01. The quantitative estimate of drug-likeness (QED) is 0.920. The zero-order chi connectivity index (χ0) is 13.1. The van der Waals surface area contributed by atoms with Crippen molar-refractivity contribution in [3.63, 3.8) is 0 Å². The van der Waals surface area contributed by atoms with E-state index in [-0.39, 0.29) is 24.3 Å². The smallest absolute Gasteiger partial charge is 0.259 e. The van der Waals surface area contributed by atoms with E-state index in [1.165, 1.54) is 12.1 Å². The minimum Gasteiger partial charge on any atom is -0.334 e.